The smallest absolute Gasteiger partial charge is 0.0670 e. The van der Waals surface area contributed by atoms with Crippen LogP contribution in [0.15, 0.2) is 18.2 Å². The molecular weight excluding hydrogens is 226 g/mol. The van der Waals surface area contributed by atoms with Gasteiger partial charge in [0.1, 0.15) is 0 Å². The molecule has 4 heteroatoms. The van der Waals surface area contributed by atoms with Crippen molar-refractivity contribution in [2.45, 2.75) is 25.8 Å². The molecule has 0 radical (unpaired) electrons. The molecule has 1 aliphatic rings. The zero-order valence-electron chi connectivity index (χ0n) is 10.6. The summed E-state index contributed by atoms with van der Waals surface area (Å²) in [6.07, 6.45) is 1.41. The Hall–Kier alpha value is -1.73. The average Bonchev–Trinajstić information content (AvgIpc) is 2.73. The Bertz CT molecular complexity index is 467. The van der Waals surface area contributed by atoms with Gasteiger partial charge in [-0.25, -0.2) is 0 Å². The largest absolute Gasteiger partial charge is 0.398 e. The second-order valence-electron chi connectivity index (χ2n) is 4.93. The number of hydrogen-bond acceptors (Lipinski definition) is 4. The van der Waals surface area contributed by atoms with E-state index in [0.717, 1.165) is 24.2 Å². The third-order valence-corrected chi connectivity index (χ3v) is 3.80. The SMILES string of the molecule is CC1CCN(c2ccc(N)c(CC#N)c2)C1CO. The lowest BCUT2D eigenvalue weighted by Crippen LogP contribution is -2.35. The van der Waals surface area contributed by atoms with Crippen molar-refractivity contribution in [3.05, 3.63) is 23.8 Å². The normalized spacial score (nSPS) is 23.1. The Balaban J connectivity index is 2.28. The van der Waals surface area contributed by atoms with Crippen LogP contribution in [-0.4, -0.2) is 24.3 Å². The quantitative estimate of drug-likeness (QED) is 0.792. The van der Waals surface area contributed by atoms with Gasteiger partial charge in [0.25, 0.3) is 0 Å². The summed E-state index contributed by atoms with van der Waals surface area (Å²) >= 11 is 0. The van der Waals surface area contributed by atoms with Crippen molar-refractivity contribution in [1.29, 1.82) is 5.26 Å². The van der Waals surface area contributed by atoms with E-state index in [2.05, 4.69) is 17.9 Å². The highest BCUT2D eigenvalue weighted by Crippen LogP contribution is 2.31. The molecule has 0 aromatic heterocycles. The number of nitrogens with two attached hydrogens (primary N) is 1. The van der Waals surface area contributed by atoms with E-state index < -0.39 is 0 Å². The molecule has 0 spiro atoms. The lowest BCUT2D eigenvalue weighted by atomic mass is 10.0. The minimum absolute atomic E-state index is 0.166. The molecule has 0 bridgehead atoms. The molecule has 1 aromatic carbocycles. The van der Waals surface area contributed by atoms with E-state index in [0.29, 0.717) is 18.0 Å². The van der Waals surface area contributed by atoms with Gasteiger partial charge < -0.3 is 15.7 Å². The van der Waals surface area contributed by atoms with Gasteiger partial charge in [0.05, 0.1) is 25.1 Å². The molecule has 2 rings (SSSR count). The lowest BCUT2D eigenvalue weighted by Gasteiger charge is -2.27. The predicted octanol–water partition coefficient (Wildman–Crippen LogP) is 1.54. The first-order valence-corrected chi connectivity index (χ1v) is 6.30. The third kappa shape index (κ3) is 2.27. The Labute approximate surface area is 108 Å². The van der Waals surface area contributed by atoms with Gasteiger partial charge in [0.2, 0.25) is 0 Å². The van der Waals surface area contributed by atoms with Crippen molar-refractivity contribution in [1.82, 2.24) is 0 Å². The van der Waals surface area contributed by atoms with E-state index in [4.69, 9.17) is 11.0 Å². The monoisotopic (exact) mass is 245 g/mol. The van der Waals surface area contributed by atoms with Crippen LogP contribution < -0.4 is 10.6 Å². The molecule has 1 heterocycles. The zero-order valence-corrected chi connectivity index (χ0v) is 10.6. The van der Waals surface area contributed by atoms with Crippen molar-refractivity contribution in [3.8, 4) is 6.07 Å². The minimum Gasteiger partial charge on any atom is -0.398 e. The fourth-order valence-electron chi connectivity index (χ4n) is 2.62. The first-order chi connectivity index (χ1) is 8.67. The molecule has 1 saturated heterocycles. The van der Waals surface area contributed by atoms with Crippen molar-refractivity contribution in [2.75, 3.05) is 23.8 Å². The summed E-state index contributed by atoms with van der Waals surface area (Å²) < 4.78 is 0. The molecule has 18 heavy (non-hydrogen) atoms. The Morgan fingerprint density at radius 1 is 1.56 bits per heavy atom. The third-order valence-electron chi connectivity index (χ3n) is 3.80. The number of nitriles is 1. The zero-order chi connectivity index (χ0) is 13.1. The molecule has 2 atom stereocenters. The minimum atomic E-state index is 0.166. The summed E-state index contributed by atoms with van der Waals surface area (Å²) in [5.41, 5.74) is 8.43. The number of nitrogen functional groups attached to an aromatic ring is 1. The van der Waals surface area contributed by atoms with Gasteiger partial charge in [0.15, 0.2) is 0 Å². The van der Waals surface area contributed by atoms with Gasteiger partial charge >= 0.3 is 0 Å². The maximum Gasteiger partial charge on any atom is 0.0670 e. The van der Waals surface area contributed by atoms with Gasteiger partial charge in [-0.05, 0) is 36.1 Å². The van der Waals surface area contributed by atoms with Crippen molar-refractivity contribution in [3.63, 3.8) is 0 Å². The van der Waals surface area contributed by atoms with Crippen LogP contribution in [0.3, 0.4) is 0 Å². The summed E-state index contributed by atoms with van der Waals surface area (Å²) in [4.78, 5) is 2.21. The molecule has 1 aromatic rings. The number of hydrogen-bond donors (Lipinski definition) is 2. The summed E-state index contributed by atoms with van der Waals surface area (Å²) in [6, 6.07) is 8.09. The van der Waals surface area contributed by atoms with Crippen LogP contribution >= 0.6 is 0 Å². The van der Waals surface area contributed by atoms with Crippen LogP contribution in [0.5, 0.6) is 0 Å². The fraction of sp³-hybridized carbons (Fsp3) is 0.500. The summed E-state index contributed by atoms with van der Waals surface area (Å²) in [5, 5.41) is 18.3. The maximum atomic E-state index is 9.48. The summed E-state index contributed by atoms with van der Waals surface area (Å²) in [7, 11) is 0. The van der Waals surface area contributed by atoms with Gasteiger partial charge in [-0.15, -0.1) is 0 Å². The van der Waals surface area contributed by atoms with E-state index in [1.807, 2.05) is 18.2 Å². The predicted molar refractivity (Wildman–Crippen MR) is 72.2 cm³/mol. The highest BCUT2D eigenvalue weighted by atomic mass is 16.3. The van der Waals surface area contributed by atoms with E-state index in [1.165, 1.54) is 0 Å². The number of anilines is 2. The number of benzene rings is 1. The van der Waals surface area contributed by atoms with Gasteiger partial charge in [-0.1, -0.05) is 6.92 Å². The first kappa shape index (κ1) is 12.7. The van der Waals surface area contributed by atoms with E-state index in [-0.39, 0.29) is 12.6 Å². The van der Waals surface area contributed by atoms with Gasteiger partial charge in [-0.2, -0.15) is 5.26 Å². The highest BCUT2D eigenvalue weighted by molar-refractivity contribution is 5.60. The first-order valence-electron chi connectivity index (χ1n) is 6.30. The van der Waals surface area contributed by atoms with Crippen LogP contribution in [0.4, 0.5) is 11.4 Å². The van der Waals surface area contributed by atoms with Crippen molar-refractivity contribution >= 4 is 11.4 Å². The topological polar surface area (TPSA) is 73.3 Å². The average molecular weight is 245 g/mol. The van der Waals surface area contributed by atoms with Crippen LogP contribution in [0.2, 0.25) is 0 Å². The van der Waals surface area contributed by atoms with Crippen LogP contribution in [0.1, 0.15) is 18.9 Å². The van der Waals surface area contributed by atoms with Crippen LogP contribution in [0.25, 0.3) is 0 Å². The second-order valence-corrected chi connectivity index (χ2v) is 4.93. The Morgan fingerprint density at radius 3 is 3.00 bits per heavy atom. The number of aliphatic hydroxyl groups is 1. The molecule has 1 fully saturated rings. The molecule has 0 saturated carbocycles. The number of nitrogens with zero attached hydrogens (tertiary/aromatic N) is 2. The standard InChI is InChI=1S/C14H19N3O/c1-10-5-7-17(14(10)9-18)12-2-3-13(16)11(8-12)4-6-15/h2-3,8,10,14,18H,4-5,7,9,16H2,1H3. The summed E-state index contributed by atoms with van der Waals surface area (Å²) in [6.45, 7) is 3.27. The lowest BCUT2D eigenvalue weighted by molar-refractivity contribution is 0.245. The molecule has 96 valence electrons. The van der Waals surface area contributed by atoms with Gasteiger partial charge in [-0.3, -0.25) is 0 Å². The molecule has 2 unspecified atom stereocenters. The highest BCUT2D eigenvalue weighted by Gasteiger charge is 2.30. The maximum absolute atomic E-state index is 9.48. The van der Waals surface area contributed by atoms with E-state index in [1.54, 1.807) is 0 Å². The molecule has 0 aliphatic carbocycles. The second kappa shape index (κ2) is 5.28. The number of aliphatic hydroxyl groups excluding tert-OH is 1. The molecule has 3 N–H and O–H groups in total. The van der Waals surface area contributed by atoms with Crippen molar-refractivity contribution in [2.24, 2.45) is 5.92 Å². The summed E-state index contributed by atoms with van der Waals surface area (Å²) in [5.74, 6) is 0.493. The van der Waals surface area contributed by atoms with Gasteiger partial charge in [0, 0.05) is 17.9 Å². The fourth-order valence-corrected chi connectivity index (χ4v) is 2.62. The van der Waals surface area contributed by atoms with Crippen LogP contribution in [-0.2, 0) is 6.42 Å². The Morgan fingerprint density at radius 2 is 2.33 bits per heavy atom. The molecule has 0 amide bonds. The molecule has 1 aliphatic heterocycles. The van der Waals surface area contributed by atoms with Crippen molar-refractivity contribution < 1.29 is 5.11 Å². The Kier molecular flexibility index (Phi) is 3.73. The van der Waals surface area contributed by atoms with E-state index >= 15 is 0 Å². The molecular formula is C14H19N3O. The molecule has 4 nitrogen and oxygen atoms in total. The van der Waals surface area contributed by atoms with E-state index in [9.17, 15) is 5.11 Å². The van der Waals surface area contributed by atoms with Crippen LogP contribution in [0, 0.1) is 17.2 Å². The number of rotatable bonds is 3.